The predicted molar refractivity (Wildman–Crippen MR) is 82.0 cm³/mol. The zero-order valence-corrected chi connectivity index (χ0v) is 13.1. The monoisotopic (exact) mass is 326 g/mol. The number of rotatable bonds is 3. The quantitative estimate of drug-likeness (QED) is 0.873. The summed E-state index contributed by atoms with van der Waals surface area (Å²) in [4.78, 5) is 0. The summed E-state index contributed by atoms with van der Waals surface area (Å²) < 4.78 is 13.0. The van der Waals surface area contributed by atoms with E-state index in [0.717, 1.165) is 17.1 Å². The van der Waals surface area contributed by atoms with Gasteiger partial charge in [-0.05, 0) is 17.7 Å². The molecule has 0 fully saturated rings. The van der Waals surface area contributed by atoms with Crippen molar-refractivity contribution >= 4 is 29.3 Å². The van der Waals surface area contributed by atoms with Crippen LogP contribution in [0.2, 0.25) is 5.02 Å². The van der Waals surface area contributed by atoms with Gasteiger partial charge in [-0.1, -0.05) is 23.4 Å². The first-order valence-electron chi connectivity index (χ1n) is 6.51. The van der Waals surface area contributed by atoms with Gasteiger partial charge < -0.3 is 15.2 Å². The second-order valence-electron chi connectivity index (χ2n) is 4.64. The Bertz CT molecular complexity index is 662. The molecule has 2 aromatic rings. The molecular weight excluding hydrogens is 312 g/mol. The average molecular weight is 327 g/mol. The molecule has 0 radical (unpaired) electrons. The van der Waals surface area contributed by atoms with Gasteiger partial charge >= 0.3 is 0 Å². The van der Waals surface area contributed by atoms with Crippen LogP contribution < -0.4 is 15.2 Å². The maximum Gasteiger partial charge on any atom is 0.222 e. The van der Waals surface area contributed by atoms with Crippen molar-refractivity contribution in [3.63, 3.8) is 0 Å². The number of aromatic nitrogens is 3. The zero-order chi connectivity index (χ0) is 14.8. The molecule has 0 atom stereocenters. The number of fused-ring (bicyclic) bond motifs is 1. The molecule has 0 unspecified atom stereocenters. The zero-order valence-electron chi connectivity index (χ0n) is 11.5. The molecule has 0 spiro atoms. The number of ether oxygens (including phenoxy) is 2. The first-order chi connectivity index (χ1) is 10.1. The molecule has 1 aliphatic rings. The van der Waals surface area contributed by atoms with Gasteiger partial charge in [0.15, 0.2) is 16.7 Å². The Morgan fingerprint density at radius 1 is 1.33 bits per heavy atom. The van der Waals surface area contributed by atoms with Crippen LogP contribution >= 0.6 is 23.4 Å². The lowest BCUT2D eigenvalue weighted by Gasteiger charge is -2.11. The van der Waals surface area contributed by atoms with Crippen molar-refractivity contribution in [1.29, 1.82) is 0 Å². The number of halogens is 1. The van der Waals surface area contributed by atoms with E-state index in [2.05, 4.69) is 10.2 Å². The van der Waals surface area contributed by atoms with E-state index < -0.39 is 0 Å². The molecular formula is C13H15ClN4O2S. The third kappa shape index (κ3) is 3.03. The Kier molecular flexibility index (Phi) is 4.12. The molecule has 3 rings (SSSR count). The molecule has 1 aliphatic heterocycles. The van der Waals surface area contributed by atoms with Crippen LogP contribution in [0.3, 0.4) is 0 Å². The van der Waals surface area contributed by atoms with E-state index in [1.54, 1.807) is 4.57 Å². The molecule has 0 saturated carbocycles. The minimum absolute atomic E-state index is 0.397. The topological polar surface area (TPSA) is 75.2 Å². The van der Waals surface area contributed by atoms with E-state index in [4.69, 9.17) is 26.8 Å². The predicted octanol–water partition coefficient (Wildman–Crippen LogP) is 2.50. The second-order valence-corrected chi connectivity index (χ2v) is 5.99. The van der Waals surface area contributed by atoms with Crippen molar-refractivity contribution in [3.8, 4) is 11.5 Å². The van der Waals surface area contributed by atoms with Crippen LogP contribution in [-0.2, 0) is 12.8 Å². The van der Waals surface area contributed by atoms with Crippen LogP contribution in [-0.4, -0.2) is 28.0 Å². The lowest BCUT2D eigenvalue weighted by Crippen LogP contribution is -1.98. The Hall–Kier alpha value is -1.60. The molecule has 0 saturated heterocycles. The van der Waals surface area contributed by atoms with Gasteiger partial charge in [0.2, 0.25) is 5.95 Å². The number of nitrogens with zero attached hydrogens (tertiary/aromatic N) is 3. The molecule has 0 amide bonds. The number of hydrogen-bond acceptors (Lipinski definition) is 6. The molecule has 2 heterocycles. The van der Waals surface area contributed by atoms with E-state index in [1.807, 2.05) is 19.2 Å². The lowest BCUT2D eigenvalue weighted by molar-refractivity contribution is 0.297. The van der Waals surface area contributed by atoms with Crippen molar-refractivity contribution in [2.75, 3.05) is 18.9 Å². The summed E-state index contributed by atoms with van der Waals surface area (Å²) in [5.74, 6) is 2.43. The second kappa shape index (κ2) is 6.03. The fraction of sp³-hybridized carbons (Fsp3) is 0.385. The fourth-order valence-corrected chi connectivity index (χ4v) is 3.10. The molecule has 0 bridgehead atoms. The summed E-state index contributed by atoms with van der Waals surface area (Å²) in [6.07, 6.45) is 0.854. The molecule has 1 aromatic heterocycles. The van der Waals surface area contributed by atoms with E-state index in [1.165, 1.54) is 11.8 Å². The van der Waals surface area contributed by atoms with Crippen LogP contribution in [0.1, 0.15) is 12.0 Å². The first-order valence-corrected chi connectivity index (χ1v) is 7.87. The van der Waals surface area contributed by atoms with Crippen molar-refractivity contribution in [1.82, 2.24) is 14.8 Å². The van der Waals surface area contributed by atoms with Crippen LogP contribution in [0, 0.1) is 0 Å². The minimum Gasteiger partial charge on any atom is -0.489 e. The van der Waals surface area contributed by atoms with Gasteiger partial charge in [0.1, 0.15) is 0 Å². The van der Waals surface area contributed by atoms with Crippen LogP contribution in [0.25, 0.3) is 0 Å². The van der Waals surface area contributed by atoms with Crippen molar-refractivity contribution in [3.05, 3.63) is 22.7 Å². The fourth-order valence-electron chi connectivity index (χ4n) is 1.97. The molecule has 0 aliphatic carbocycles. The normalized spacial score (nSPS) is 14.0. The van der Waals surface area contributed by atoms with Gasteiger partial charge in [0, 0.05) is 19.2 Å². The maximum absolute atomic E-state index is 6.27. The summed E-state index contributed by atoms with van der Waals surface area (Å²) in [7, 11) is 1.83. The minimum atomic E-state index is 0.397. The van der Waals surface area contributed by atoms with Gasteiger partial charge in [-0.15, -0.1) is 10.2 Å². The third-order valence-corrected chi connectivity index (χ3v) is 4.47. The highest BCUT2D eigenvalue weighted by Gasteiger charge is 2.16. The van der Waals surface area contributed by atoms with E-state index in [0.29, 0.717) is 41.4 Å². The lowest BCUT2D eigenvalue weighted by atomic mass is 10.2. The highest BCUT2D eigenvalue weighted by molar-refractivity contribution is 7.98. The number of hydrogen-bond donors (Lipinski definition) is 1. The molecule has 8 heteroatoms. The number of benzene rings is 1. The van der Waals surface area contributed by atoms with Gasteiger partial charge in [-0.3, -0.25) is 4.57 Å². The molecule has 112 valence electrons. The highest BCUT2D eigenvalue weighted by atomic mass is 35.5. The summed E-state index contributed by atoms with van der Waals surface area (Å²) in [5.41, 5.74) is 6.70. The van der Waals surface area contributed by atoms with Crippen molar-refractivity contribution in [2.24, 2.45) is 7.05 Å². The summed E-state index contributed by atoms with van der Waals surface area (Å²) in [6, 6.07) is 3.85. The summed E-state index contributed by atoms with van der Waals surface area (Å²) in [6.45, 7) is 1.26. The number of nitrogen functional groups attached to an aromatic ring is 1. The molecule has 1 aromatic carbocycles. The van der Waals surface area contributed by atoms with Gasteiger partial charge in [-0.2, -0.15) is 0 Å². The first kappa shape index (κ1) is 14.3. The Balaban J connectivity index is 1.78. The van der Waals surface area contributed by atoms with Crippen molar-refractivity contribution < 1.29 is 9.47 Å². The van der Waals surface area contributed by atoms with Gasteiger partial charge in [-0.25, -0.2) is 0 Å². The van der Waals surface area contributed by atoms with Crippen LogP contribution in [0.4, 0.5) is 5.95 Å². The maximum atomic E-state index is 6.27. The Labute approximate surface area is 131 Å². The number of thioether (sulfide) groups is 1. The molecule has 21 heavy (non-hydrogen) atoms. The van der Waals surface area contributed by atoms with Gasteiger partial charge in [0.05, 0.1) is 18.2 Å². The van der Waals surface area contributed by atoms with Crippen molar-refractivity contribution in [2.45, 2.75) is 17.3 Å². The summed E-state index contributed by atoms with van der Waals surface area (Å²) >= 11 is 7.81. The summed E-state index contributed by atoms with van der Waals surface area (Å²) in [5, 5.41) is 9.18. The number of nitrogens with two attached hydrogens (primary N) is 1. The van der Waals surface area contributed by atoms with E-state index in [9.17, 15) is 0 Å². The third-order valence-electron chi connectivity index (χ3n) is 3.10. The van der Waals surface area contributed by atoms with Crippen LogP contribution in [0.5, 0.6) is 11.5 Å². The van der Waals surface area contributed by atoms with Gasteiger partial charge in [0.25, 0.3) is 0 Å². The van der Waals surface area contributed by atoms with E-state index >= 15 is 0 Å². The SMILES string of the molecule is Cn1c(N)nnc1SCc1cc(Cl)c2c(c1)OCCCO2. The Morgan fingerprint density at radius 3 is 2.90 bits per heavy atom. The smallest absolute Gasteiger partial charge is 0.222 e. The molecule has 6 nitrogen and oxygen atoms in total. The standard InChI is InChI=1S/C13H15ClN4O2S/c1-18-12(15)16-17-13(18)21-7-8-5-9(14)11-10(6-8)19-3-2-4-20-11/h5-6H,2-4,7H2,1H3,(H2,15,16). The average Bonchev–Trinajstić information content (AvgIpc) is 2.68. The Morgan fingerprint density at radius 2 is 2.14 bits per heavy atom. The highest BCUT2D eigenvalue weighted by Crippen LogP contribution is 2.39. The molecule has 2 N–H and O–H groups in total. The number of anilines is 1. The largest absolute Gasteiger partial charge is 0.489 e. The van der Waals surface area contributed by atoms with Crippen LogP contribution in [0.15, 0.2) is 17.3 Å². The van der Waals surface area contributed by atoms with E-state index in [-0.39, 0.29) is 0 Å².